The van der Waals surface area contributed by atoms with Gasteiger partial charge in [0.15, 0.2) is 6.26 Å². The Kier molecular flexibility index (Phi) is 1.14. The van der Waals surface area contributed by atoms with Crippen LogP contribution in [0.4, 0.5) is 0 Å². The topological polar surface area (TPSA) is 51.8 Å². The van der Waals surface area contributed by atoms with Crippen molar-refractivity contribution in [2.24, 2.45) is 0 Å². The first kappa shape index (κ1) is 6.54. The van der Waals surface area contributed by atoms with Crippen LogP contribution >= 0.6 is 0 Å². The molecule has 0 amide bonds. The number of aromatic nitrogens is 3. The molecule has 0 radical (unpaired) electrons. The Bertz CT molecular complexity index is 523. The van der Waals surface area contributed by atoms with Crippen LogP contribution in [0.2, 0.25) is 0 Å². The highest BCUT2D eigenvalue weighted by Crippen LogP contribution is 2.13. The van der Waals surface area contributed by atoms with Gasteiger partial charge in [-0.05, 0) is 12.1 Å². The highest BCUT2D eigenvalue weighted by molar-refractivity contribution is 5.83. The molecule has 0 unspecified atom stereocenters. The molecule has 0 aliphatic rings. The third-order valence-electron chi connectivity index (χ3n) is 1.88. The number of fused-ring (bicyclic) bond motifs is 2. The Morgan fingerprint density at radius 2 is 1.69 bits per heavy atom. The average Bonchev–Trinajstić information content (AvgIpc) is 2.61. The molecule has 0 atom stereocenters. The van der Waals surface area contributed by atoms with E-state index < -0.39 is 0 Å². The van der Waals surface area contributed by atoms with Crippen molar-refractivity contribution in [1.29, 1.82) is 0 Å². The maximum absolute atomic E-state index is 4.76. The second-order valence-corrected chi connectivity index (χ2v) is 2.74. The maximum atomic E-state index is 4.76. The monoisotopic (exact) mass is 171 g/mol. The Hall–Kier alpha value is -1.97. The lowest BCUT2D eigenvalue weighted by Gasteiger charge is -1.92. The van der Waals surface area contributed by atoms with E-state index in [9.17, 15) is 0 Å². The summed E-state index contributed by atoms with van der Waals surface area (Å²) in [6, 6.07) is 7.66. The van der Waals surface area contributed by atoms with E-state index in [2.05, 4.69) is 15.1 Å². The van der Waals surface area contributed by atoms with Crippen LogP contribution in [-0.4, -0.2) is 15.1 Å². The minimum atomic E-state index is 0.554. The van der Waals surface area contributed by atoms with Crippen molar-refractivity contribution >= 4 is 22.2 Å². The number of hydrogen-bond donors (Lipinski definition) is 0. The molecule has 3 rings (SSSR count). The summed E-state index contributed by atoms with van der Waals surface area (Å²) in [6.45, 7) is 0. The molecule has 0 saturated heterocycles. The minimum Gasteiger partial charge on any atom is -0.360 e. The number of hydrogen-bond acceptors (Lipinski definition) is 4. The Morgan fingerprint density at radius 3 is 2.54 bits per heavy atom. The van der Waals surface area contributed by atoms with E-state index in [0.29, 0.717) is 11.2 Å². The first-order chi connectivity index (χ1) is 6.43. The van der Waals surface area contributed by atoms with Gasteiger partial charge in [-0.15, -0.1) is 0 Å². The highest BCUT2D eigenvalue weighted by Gasteiger charge is 2.02. The first-order valence-electron chi connectivity index (χ1n) is 3.90. The van der Waals surface area contributed by atoms with E-state index in [1.54, 1.807) is 0 Å². The zero-order chi connectivity index (χ0) is 8.67. The summed E-state index contributed by atoms with van der Waals surface area (Å²) >= 11 is 0. The van der Waals surface area contributed by atoms with Gasteiger partial charge in [0.2, 0.25) is 5.65 Å². The van der Waals surface area contributed by atoms with Crippen LogP contribution in [0.1, 0.15) is 0 Å². The van der Waals surface area contributed by atoms with Crippen LogP contribution in [0.15, 0.2) is 35.1 Å². The summed E-state index contributed by atoms with van der Waals surface area (Å²) in [5.74, 6) is 0. The summed E-state index contributed by atoms with van der Waals surface area (Å²) in [6.07, 6.45) is 1.49. The van der Waals surface area contributed by atoms with Crippen molar-refractivity contribution in [1.82, 2.24) is 15.1 Å². The van der Waals surface area contributed by atoms with Crippen LogP contribution in [0.25, 0.3) is 22.2 Å². The van der Waals surface area contributed by atoms with Crippen molar-refractivity contribution < 1.29 is 4.52 Å². The van der Waals surface area contributed by atoms with Gasteiger partial charge in [0.1, 0.15) is 5.52 Å². The third kappa shape index (κ3) is 0.885. The second-order valence-electron chi connectivity index (χ2n) is 2.74. The number of rotatable bonds is 0. The Morgan fingerprint density at radius 1 is 0.923 bits per heavy atom. The van der Waals surface area contributed by atoms with Crippen molar-refractivity contribution in [2.45, 2.75) is 0 Å². The lowest BCUT2D eigenvalue weighted by Crippen LogP contribution is -1.83. The fourth-order valence-corrected chi connectivity index (χ4v) is 1.28. The highest BCUT2D eigenvalue weighted by atomic mass is 16.5. The van der Waals surface area contributed by atoms with Crippen LogP contribution in [-0.2, 0) is 0 Å². The molecule has 0 aliphatic carbocycles. The first-order valence-corrected chi connectivity index (χ1v) is 3.90. The van der Waals surface area contributed by atoms with E-state index in [1.807, 2.05) is 24.3 Å². The van der Waals surface area contributed by atoms with E-state index in [-0.39, 0.29) is 0 Å². The van der Waals surface area contributed by atoms with Crippen molar-refractivity contribution in [3.8, 4) is 0 Å². The minimum absolute atomic E-state index is 0.554. The standard InChI is InChI=1S/C9H5N3O/c1-2-4-7-6(3-1)10-8-5-13-12-9(8)11-7/h1-5H. The molecule has 0 aliphatic heterocycles. The maximum Gasteiger partial charge on any atom is 0.221 e. The lowest BCUT2D eigenvalue weighted by atomic mass is 10.3. The normalized spacial score (nSPS) is 11.1. The van der Waals surface area contributed by atoms with E-state index in [4.69, 9.17) is 4.52 Å². The Labute approximate surface area is 73.2 Å². The molecule has 4 nitrogen and oxygen atoms in total. The Balaban J connectivity index is 2.57. The van der Waals surface area contributed by atoms with Gasteiger partial charge < -0.3 is 4.52 Å². The van der Waals surface area contributed by atoms with E-state index in [1.165, 1.54) is 6.26 Å². The van der Waals surface area contributed by atoms with E-state index in [0.717, 1.165) is 11.0 Å². The number of para-hydroxylation sites is 2. The van der Waals surface area contributed by atoms with Gasteiger partial charge in [0.05, 0.1) is 11.0 Å². The summed E-state index contributed by atoms with van der Waals surface area (Å²) in [7, 11) is 0. The fourth-order valence-electron chi connectivity index (χ4n) is 1.28. The number of benzene rings is 1. The molecule has 1 aromatic carbocycles. The smallest absolute Gasteiger partial charge is 0.221 e. The molecular weight excluding hydrogens is 166 g/mol. The van der Waals surface area contributed by atoms with Gasteiger partial charge in [0, 0.05) is 0 Å². The van der Waals surface area contributed by atoms with Gasteiger partial charge in [-0.1, -0.05) is 17.3 Å². The molecule has 2 heterocycles. The van der Waals surface area contributed by atoms with Crippen LogP contribution in [0, 0.1) is 0 Å². The largest absolute Gasteiger partial charge is 0.360 e. The molecule has 0 bridgehead atoms. The van der Waals surface area contributed by atoms with Crippen molar-refractivity contribution in [2.75, 3.05) is 0 Å². The van der Waals surface area contributed by atoms with Crippen molar-refractivity contribution in [3.63, 3.8) is 0 Å². The SMILES string of the molecule is c1ccc2nc3nocc3nc2c1. The predicted octanol–water partition coefficient (Wildman–Crippen LogP) is 1.77. The molecule has 2 aromatic heterocycles. The molecule has 0 N–H and O–H groups in total. The molecule has 4 heteroatoms. The molecular formula is C9H5N3O. The summed E-state index contributed by atoms with van der Waals surface area (Å²) < 4.78 is 4.76. The summed E-state index contributed by atoms with van der Waals surface area (Å²) in [5.41, 5.74) is 2.94. The van der Waals surface area contributed by atoms with Crippen molar-refractivity contribution in [3.05, 3.63) is 30.5 Å². The zero-order valence-electron chi connectivity index (χ0n) is 6.64. The van der Waals surface area contributed by atoms with Crippen LogP contribution in [0.5, 0.6) is 0 Å². The molecule has 3 aromatic rings. The molecule has 0 fully saturated rings. The quantitative estimate of drug-likeness (QED) is 0.517. The van der Waals surface area contributed by atoms with Crippen LogP contribution < -0.4 is 0 Å². The van der Waals surface area contributed by atoms with Gasteiger partial charge in [-0.3, -0.25) is 0 Å². The third-order valence-corrected chi connectivity index (χ3v) is 1.88. The molecule has 13 heavy (non-hydrogen) atoms. The fraction of sp³-hybridized carbons (Fsp3) is 0. The van der Waals surface area contributed by atoms with Gasteiger partial charge in [-0.2, -0.15) is 0 Å². The second kappa shape index (κ2) is 2.26. The lowest BCUT2D eigenvalue weighted by molar-refractivity contribution is 0.426. The molecule has 0 spiro atoms. The summed E-state index contributed by atoms with van der Waals surface area (Å²) in [5, 5.41) is 3.72. The van der Waals surface area contributed by atoms with Crippen LogP contribution in [0.3, 0.4) is 0 Å². The van der Waals surface area contributed by atoms with Gasteiger partial charge >= 0.3 is 0 Å². The summed E-state index contributed by atoms with van der Waals surface area (Å²) in [4.78, 5) is 8.59. The average molecular weight is 171 g/mol. The van der Waals surface area contributed by atoms with Gasteiger partial charge in [0.25, 0.3) is 0 Å². The zero-order valence-corrected chi connectivity index (χ0v) is 6.64. The molecule has 0 saturated carbocycles. The van der Waals surface area contributed by atoms with E-state index >= 15 is 0 Å². The molecule has 62 valence electrons. The predicted molar refractivity (Wildman–Crippen MR) is 47.1 cm³/mol. The number of nitrogens with zero attached hydrogens (tertiary/aromatic N) is 3. The van der Waals surface area contributed by atoms with Gasteiger partial charge in [-0.25, -0.2) is 9.97 Å².